The summed E-state index contributed by atoms with van der Waals surface area (Å²) in [7, 11) is 0. The van der Waals surface area contributed by atoms with Gasteiger partial charge in [-0.1, -0.05) is 45.0 Å². The smallest absolute Gasteiger partial charge is 0.0832 e. The van der Waals surface area contributed by atoms with Crippen LogP contribution in [0.4, 0.5) is 0 Å². The van der Waals surface area contributed by atoms with Gasteiger partial charge in [0.2, 0.25) is 0 Å². The molecule has 2 unspecified atom stereocenters. The monoisotopic (exact) mass is 289 g/mol. The highest BCUT2D eigenvalue weighted by Gasteiger charge is 2.29. The molecule has 118 valence electrons. The second kappa shape index (κ2) is 7.42. The summed E-state index contributed by atoms with van der Waals surface area (Å²) in [5.41, 5.74) is 3.17. The molecule has 0 spiro atoms. The van der Waals surface area contributed by atoms with Crippen molar-refractivity contribution >= 4 is 0 Å². The first-order valence-electron chi connectivity index (χ1n) is 8.44. The van der Waals surface area contributed by atoms with Gasteiger partial charge in [0.15, 0.2) is 0 Å². The molecule has 2 atom stereocenters. The third-order valence-electron chi connectivity index (χ3n) is 4.43. The molecule has 2 nitrogen and oxygen atoms in total. The molecule has 1 aliphatic heterocycles. The lowest BCUT2D eigenvalue weighted by atomic mass is 9.78. The Balaban J connectivity index is 1.97. The van der Waals surface area contributed by atoms with Crippen LogP contribution in [0.3, 0.4) is 0 Å². The summed E-state index contributed by atoms with van der Waals surface area (Å²) in [6, 6.07) is 9.35. The number of hydrogen-bond acceptors (Lipinski definition) is 2. The molecular formula is C19H31NO. The first kappa shape index (κ1) is 16.5. The number of hydrogen-bond donors (Lipinski definition) is 1. The van der Waals surface area contributed by atoms with Crippen LogP contribution in [0.25, 0.3) is 0 Å². The fourth-order valence-electron chi connectivity index (χ4n) is 3.52. The molecule has 0 aromatic heterocycles. The summed E-state index contributed by atoms with van der Waals surface area (Å²) in [5, 5.41) is 3.60. The quantitative estimate of drug-likeness (QED) is 0.798. The van der Waals surface area contributed by atoms with E-state index < -0.39 is 0 Å². The lowest BCUT2D eigenvalue weighted by Gasteiger charge is -2.35. The molecule has 0 bridgehead atoms. The van der Waals surface area contributed by atoms with Crippen LogP contribution in [-0.2, 0) is 11.2 Å². The molecule has 0 saturated carbocycles. The van der Waals surface area contributed by atoms with Gasteiger partial charge in [-0.25, -0.2) is 0 Å². The fraction of sp³-hybridized carbons (Fsp3) is 0.684. The fourth-order valence-corrected chi connectivity index (χ4v) is 3.52. The van der Waals surface area contributed by atoms with Crippen molar-refractivity contribution < 1.29 is 4.74 Å². The highest BCUT2D eigenvalue weighted by molar-refractivity contribution is 5.31. The van der Waals surface area contributed by atoms with Crippen LogP contribution in [0.2, 0.25) is 0 Å². The summed E-state index contributed by atoms with van der Waals surface area (Å²) < 4.78 is 6.08. The van der Waals surface area contributed by atoms with E-state index in [1.54, 1.807) is 0 Å². The lowest BCUT2D eigenvalue weighted by molar-refractivity contribution is 0.00888. The van der Waals surface area contributed by atoms with Crippen molar-refractivity contribution in [2.75, 3.05) is 13.2 Å². The van der Waals surface area contributed by atoms with Gasteiger partial charge in [-0.3, -0.25) is 0 Å². The molecule has 0 radical (unpaired) electrons. The maximum absolute atomic E-state index is 6.08. The van der Waals surface area contributed by atoms with Crippen LogP contribution in [0.5, 0.6) is 0 Å². The van der Waals surface area contributed by atoms with E-state index in [1.807, 2.05) is 0 Å². The predicted octanol–water partition coefficient (Wildman–Crippen LogP) is 4.49. The van der Waals surface area contributed by atoms with Crippen molar-refractivity contribution in [3.05, 3.63) is 35.4 Å². The molecule has 1 aromatic rings. The average molecular weight is 289 g/mol. The zero-order valence-corrected chi connectivity index (χ0v) is 14.1. The SMILES string of the molecule is CCCNC(C)CC(C)(C)CC1OCCc2ccccc21. The predicted molar refractivity (Wildman–Crippen MR) is 89.6 cm³/mol. The van der Waals surface area contributed by atoms with Crippen molar-refractivity contribution in [3.63, 3.8) is 0 Å². The Labute approximate surface area is 130 Å². The minimum Gasteiger partial charge on any atom is -0.373 e. The molecule has 0 aliphatic carbocycles. The lowest BCUT2D eigenvalue weighted by Crippen LogP contribution is -2.33. The largest absolute Gasteiger partial charge is 0.373 e. The molecule has 1 heterocycles. The van der Waals surface area contributed by atoms with E-state index in [0.717, 1.165) is 26.0 Å². The molecule has 1 aliphatic rings. The summed E-state index contributed by atoms with van der Waals surface area (Å²) in [5.74, 6) is 0. The van der Waals surface area contributed by atoms with Crippen LogP contribution in [0.15, 0.2) is 24.3 Å². The van der Waals surface area contributed by atoms with Gasteiger partial charge in [-0.15, -0.1) is 0 Å². The summed E-state index contributed by atoms with van der Waals surface area (Å²) in [6.07, 6.45) is 4.81. The number of ether oxygens (including phenoxy) is 1. The average Bonchev–Trinajstić information content (AvgIpc) is 2.44. The van der Waals surface area contributed by atoms with Crippen molar-refractivity contribution in [2.45, 2.75) is 65.5 Å². The van der Waals surface area contributed by atoms with Crippen LogP contribution >= 0.6 is 0 Å². The third kappa shape index (κ3) is 4.82. The second-order valence-corrected chi connectivity index (χ2v) is 7.24. The van der Waals surface area contributed by atoms with Gasteiger partial charge in [0, 0.05) is 6.04 Å². The molecule has 21 heavy (non-hydrogen) atoms. The van der Waals surface area contributed by atoms with Crippen LogP contribution < -0.4 is 5.32 Å². The Hall–Kier alpha value is -0.860. The Morgan fingerprint density at radius 1 is 1.33 bits per heavy atom. The van der Waals surface area contributed by atoms with Gasteiger partial charge in [0.25, 0.3) is 0 Å². The van der Waals surface area contributed by atoms with Crippen molar-refractivity contribution in [1.82, 2.24) is 5.32 Å². The van der Waals surface area contributed by atoms with Gasteiger partial charge in [-0.2, -0.15) is 0 Å². The van der Waals surface area contributed by atoms with E-state index in [0.29, 0.717) is 6.04 Å². The molecule has 0 fully saturated rings. The Morgan fingerprint density at radius 3 is 2.86 bits per heavy atom. The van der Waals surface area contributed by atoms with E-state index in [9.17, 15) is 0 Å². The van der Waals surface area contributed by atoms with Crippen molar-refractivity contribution in [1.29, 1.82) is 0 Å². The van der Waals surface area contributed by atoms with E-state index >= 15 is 0 Å². The number of benzene rings is 1. The molecule has 0 saturated heterocycles. The standard InChI is InChI=1S/C19H31NO/c1-5-11-20-15(2)13-19(3,4)14-18-17-9-7-6-8-16(17)10-12-21-18/h6-9,15,18,20H,5,10-14H2,1-4H3. The first-order chi connectivity index (χ1) is 10.0. The van der Waals surface area contributed by atoms with E-state index in [2.05, 4.69) is 57.3 Å². The second-order valence-electron chi connectivity index (χ2n) is 7.24. The Bertz CT molecular complexity index is 441. The molecule has 2 heteroatoms. The van der Waals surface area contributed by atoms with E-state index in [1.165, 1.54) is 24.0 Å². The number of nitrogens with one attached hydrogen (secondary N) is 1. The summed E-state index contributed by atoms with van der Waals surface area (Å²) >= 11 is 0. The molecule has 1 N–H and O–H groups in total. The Kier molecular flexibility index (Phi) is 5.83. The van der Waals surface area contributed by atoms with Gasteiger partial charge >= 0.3 is 0 Å². The highest BCUT2D eigenvalue weighted by atomic mass is 16.5. The number of fused-ring (bicyclic) bond motifs is 1. The van der Waals surface area contributed by atoms with Crippen LogP contribution in [0, 0.1) is 5.41 Å². The van der Waals surface area contributed by atoms with Gasteiger partial charge in [-0.05, 0) is 55.7 Å². The van der Waals surface area contributed by atoms with Gasteiger partial charge in [0.05, 0.1) is 12.7 Å². The maximum Gasteiger partial charge on any atom is 0.0832 e. The van der Waals surface area contributed by atoms with Crippen molar-refractivity contribution in [3.8, 4) is 0 Å². The third-order valence-corrected chi connectivity index (χ3v) is 4.43. The maximum atomic E-state index is 6.08. The van der Waals surface area contributed by atoms with Crippen LogP contribution in [-0.4, -0.2) is 19.2 Å². The van der Waals surface area contributed by atoms with E-state index in [-0.39, 0.29) is 11.5 Å². The summed E-state index contributed by atoms with van der Waals surface area (Å²) in [6.45, 7) is 11.2. The minimum absolute atomic E-state index is 0.267. The number of rotatable bonds is 7. The normalized spacial score (nSPS) is 20.1. The minimum atomic E-state index is 0.267. The highest BCUT2D eigenvalue weighted by Crippen LogP contribution is 2.38. The molecule has 0 amide bonds. The first-order valence-corrected chi connectivity index (χ1v) is 8.44. The zero-order valence-electron chi connectivity index (χ0n) is 14.1. The summed E-state index contributed by atoms with van der Waals surface area (Å²) in [4.78, 5) is 0. The van der Waals surface area contributed by atoms with Crippen LogP contribution in [0.1, 0.15) is 64.2 Å². The molecular weight excluding hydrogens is 258 g/mol. The van der Waals surface area contributed by atoms with E-state index in [4.69, 9.17) is 4.74 Å². The molecule has 1 aromatic carbocycles. The topological polar surface area (TPSA) is 21.3 Å². The van der Waals surface area contributed by atoms with Gasteiger partial charge < -0.3 is 10.1 Å². The van der Waals surface area contributed by atoms with Gasteiger partial charge in [0.1, 0.15) is 0 Å². The van der Waals surface area contributed by atoms with Crippen molar-refractivity contribution in [2.24, 2.45) is 5.41 Å². The zero-order chi connectivity index (χ0) is 15.3. The Morgan fingerprint density at radius 2 is 2.10 bits per heavy atom. The molecule has 2 rings (SSSR count).